The van der Waals surface area contributed by atoms with E-state index in [1.54, 1.807) is 19.9 Å². The number of nitrogens with one attached hydrogen (secondary N) is 1. The van der Waals surface area contributed by atoms with E-state index in [0.29, 0.717) is 16.8 Å². The highest BCUT2D eigenvalue weighted by Crippen LogP contribution is 2.28. The third kappa shape index (κ3) is 3.43. The first-order valence-corrected chi connectivity index (χ1v) is 7.04. The molecule has 0 saturated carbocycles. The van der Waals surface area contributed by atoms with E-state index in [4.69, 9.17) is 16.7 Å². The highest BCUT2D eigenvalue weighted by atomic mass is 35.5. The molecule has 1 amide bonds. The van der Waals surface area contributed by atoms with Gasteiger partial charge < -0.3 is 10.4 Å². The normalized spacial score (nSPS) is 11.3. The van der Waals surface area contributed by atoms with Crippen LogP contribution < -0.4 is 5.32 Å². The van der Waals surface area contributed by atoms with Crippen molar-refractivity contribution in [2.45, 2.75) is 25.9 Å². The Morgan fingerprint density at radius 1 is 1.36 bits per heavy atom. The monoisotopic (exact) mass is 322 g/mol. The number of halogens is 2. The van der Waals surface area contributed by atoms with Gasteiger partial charge in [0.05, 0.1) is 28.9 Å². The minimum atomic E-state index is -0.910. The summed E-state index contributed by atoms with van der Waals surface area (Å²) >= 11 is 5.78. The van der Waals surface area contributed by atoms with Crippen molar-refractivity contribution < 1.29 is 14.3 Å². The van der Waals surface area contributed by atoms with E-state index in [1.165, 1.54) is 30.6 Å². The van der Waals surface area contributed by atoms with Crippen molar-refractivity contribution in [1.82, 2.24) is 4.98 Å². The molecule has 2 aromatic rings. The molecule has 0 saturated heterocycles. The van der Waals surface area contributed by atoms with Crippen LogP contribution in [0.5, 0.6) is 0 Å². The van der Waals surface area contributed by atoms with E-state index in [-0.39, 0.29) is 17.5 Å². The Labute approximate surface area is 133 Å². The molecule has 0 aliphatic carbocycles. The number of hydrogen-bond donors (Lipinski definition) is 2. The molecule has 1 heterocycles. The summed E-state index contributed by atoms with van der Waals surface area (Å²) < 4.78 is 13.3. The van der Waals surface area contributed by atoms with Crippen LogP contribution in [0.3, 0.4) is 0 Å². The lowest BCUT2D eigenvalue weighted by molar-refractivity contribution is -0.120. The fourth-order valence-corrected chi connectivity index (χ4v) is 2.13. The summed E-state index contributed by atoms with van der Waals surface area (Å²) in [5.74, 6) is -0.812. The molecule has 6 heteroatoms. The fourth-order valence-electron chi connectivity index (χ4n) is 1.95. The number of benzene rings is 1. The second kappa shape index (κ2) is 6.42. The van der Waals surface area contributed by atoms with Gasteiger partial charge in [-0.05, 0) is 43.2 Å². The van der Waals surface area contributed by atoms with Crippen LogP contribution in [0.25, 0.3) is 0 Å². The second-order valence-electron chi connectivity index (χ2n) is 5.45. The number of aliphatic hydroxyl groups is 1. The van der Waals surface area contributed by atoms with Crippen LogP contribution in [0, 0.1) is 5.82 Å². The fraction of sp³-hybridized carbons (Fsp3) is 0.250. The van der Waals surface area contributed by atoms with Gasteiger partial charge in [-0.2, -0.15) is 0 Å². The molecule has 1 aromatic heterocycles. The molecular weight excluding hydrogens is 307 g/mol. The van der Waals surface area contributed by atoms with Gasteiger partial charge in [-0.25, -0.2) is 4.39 Å². The van der Waals surface area contributed by atoms with Gasteiger partial charge in [0, 0.05) is 6.20 Å². The summed E-state index contributed by atoms with van der Waals surface area (Å²) in [7, 11) is 0. The summed E-state index contributed by atoms with van der Waals surface area (Å²) in [6.45, 7) is 3.28. The topological polar surface area (TPSA) is 62.2 Å². The van der Waals surface area contributed by atoms with E-state index in [2.05, 4.69) is 10.3 Å². The molecule has 0 atom stereocenters. The Bertz CT molecular complexity index is 704. The van der Waals surface area contributed by atoms with E-state index in [9.17, 15) is 9.18 Å². The number of aromatic nitrogens is 1. The molecule has 0 aliphatic rings. The smallest absolute Gasteiger partial charge is 0.234 e. The predicted octanol–water partition coefficient (Wildman–Crippen LogP) is 3.28. The quantitative estimate of drug-likeness (QED) is 0.908. The minimum absolute atomic E-state index is 0.0256. The van der Waals surface area contributed by atoms with Crippen LogP contribution in [-0.2, 0) is 16.8 Å². The number of nitrogens with zero attached hydrogens (tertiary/aromatic N) is 1. The Kier molecular flexibility index (Phi) is 4.78. The molecule has 4 nitrogen and oxygen atoms in total. The second-order valence-corrected chi connectivity index (χ2v) is 5.86. The zero-order chi connectivity index (χ0) is 16.3. The molecule has 2 rings (SSSR count). The van der Waals surface area contributed by atoms with Crippen molar-refractivity contribution in [2.24, 2.45) is 0 Å². The van der Waals surface area contributed by atoms with Crippen LogP contribution in [0.4, 0.5) is 10.1 Å². The average Bonchev–Trinajstić information content (AvgIpc) is 2.50. The minimum Gasteiger partial charge on any atom is -0.392 e. The van der Waals surface area contributed by atoms with Crippen molar-refractivity contribution in [3.63, 3.8) is 0 Å². The van der Waals surface area contributed by atoms with Crippen molar-refractivity contribution >= 4 is 23.2 Å². The van der Waals surface area contributed by atoms with Crippen LogP contribution in [0.2, 0.25) is 5.02 Å². The highest BCUT2D eigenvalue weighted by molar-refractivity contribution is 6.30. The number of carbonyl (C=O) groups excluding carboxylic acids is 1. The SMILES string of the molecule is CC(C)(C(=O)Nc1cncc(CO)c1)c1ccc(F)c(Cl)c1. The summed E-state index contributed by atoms with van der Waals surface area (Å²) in [4.78, 5) is 16.4. The van der Waals surface area contributed by atoms with Gasteiger partial charge in [-0.3, -0.25) is 9.78 Å². The van der Waals surface area contributed by atoms with E-state index < -0.39 is 11.2 Å². The molecule has 1 aromatic carbocycles. The Morgan fingerprint density at radius 3 is 2.73 bits per heavy atom. The van der Waals surface area contributed by atoms with Crippen molar-refractivity contribution in [2.75, 3.05) is 5.32 Å². The number of carbonyl (C=O) groups is 1. The first kappa shape index (κ1) is 16.4. The van der Waals surface area contributed by atoms with Crippen molar-refractivity contribution in [3.05, 3.63) is 58.6 Å². The molecule has 116 valence electrons. The lowest BCUT2D eigenvalue weighted by atomic mass is 9.83. The predicted molar refractivity (Wildman–Crippen MR) is 83.2 cm³/mol. The maximum absolute atomic E-state index is 13.3. The molecule has 0 fully saturated rings. The number of anilines is 1. The zero-order valence-corrected chi connectivity index (χ0v) is 13.0. The highest BCUT2D eigenvalue weighted by Gasteiger charge is 2.30. The van der Waals surface area contributed by atoms with Gasteiger partial charge in [-0.15, -0.1) is 0 Å². The molecular formula is C16H16ClFN2O2. The number of pyridine rings is 1. The zero-order valence-electron chi connectivity index (χ0n) is 12.2. The number of hydrogen-bond acceptors (Lipinski definition) is 3. The third-order valence-electron chi connectivity index (χ3n) is 3.44. The standard InChI is InChI=1S/C16H16ClFN2O2/c1-16(2,11-3-4-14(18)13(17)6-11)15(22)20-12-5-10(9-21)7-19-8-12/h3-8,21H,9H2,1-2H3,(H,20,22). The largest absolute Gasteiger partial charge is 0.392 e. The van der Waals surface area contributed by atoms with Crippen LogP contribution in [-0.4, -0.2) is 16.0 Å². The van der Waals surface area contributed by atoms with E-state index >= 15 is 0 Å². The Balaban J connectivity index is 2.24. The van der Waals surface area contributed by atoms with Gasteiger partial charge in [0.2, 0.25) is 5.91 Å². The van der Waals surface area contributed by atoms with Crippen LogP contribution >= 0.6 is 11.6 Å². The van der Waals surface area contributed by atoms with Crippen LogP contribution in [0.1, 0.15) is 25.0 Å². The first-order valence-electron chi connectivity index (χ1n) is 6.66. The van der Waals surface area contributed by atoms with Gasteiger partial charge in [0.1, 0.15) is 5.82 Å². The molecule has 0 unspecified atom stereocenters. The summed E-state index contributed by atoms with van der Waals surface area (Å²) in [5, 5.41) is 11.8. The first-order chi connectivity index (χ1) is 10.3. The van der Waals surface area contributed by atoms with Gasteiger partial charge in [0.25, 0.3) is 0 Å². The maximum atomic E-state index is 13.3. The van der Waals surface area contributed by atoms with E-state index in [0.717, 1.165) is 0 Å². The lowest BCUT2D eigenvalue weighted by Gasteiger charge is -2.24. The molecule has 22 heavy (non-hydrogen) atoms. The third-order valence-corrected chi connectivity index (χ3v) is 3.73. The summed E-state index contributed by atoms with van der Waals surface area (Å²) in [5.41, 5.74) is 0.771. The van der Waals surface area contributed by atoms with Crippen molar-refractivity contribution in [1.29, 1.82) is 0 Å². The molecule has 2 N–H and O–H groups in total. The maximum Gasteiger partial charge on any atom is 0.234 e. The van der Waals surface area contributed by atoms with Gasteiger partial charge in [-0.1, -0.05) is 17.7 Å². The van der Waals surface area contributed by atoms with Gasteiger partial charge in [0.15, 0.2) is 0 Å². The molecule has 0 aliphatic heterocycles. The number of rotatable bonds is 4. The van der Waals surface area contributed by atoms with Gasteiger partial charge >= 0.3 is 0 Å². The number of amides is 1. The van der Waals surface area contributed by atoms with E-state index in [1.807, 2.05) is 0 Å². The summed E-state index contributed by atoms with van der Waals surface area (Å²) in [6.07, 6.45) is 3.01. The lowest BCUT2D eigenvalue weighted by Crippen LogP contribution is -2.34. The summed E-state index contributed by atoms with van der Waals surface area (Å²) in [6, 6.07) is 5.85. The molecule has 0 bridgehead atoms. The average molecular weight is 323 g/mol. The molecule has 0 radical (unpaired) electrons. The van der Waals surface area contributed by atoms with Crippen LogP contribution in [0.15, 0.2) is 36.7 Å². The Morgan fingerprint density at radius 2 is 2.09 bits per heavy atom. The Hall–Kier alpha value is -1.98. The molecule has 0 spiro atoms. The van der Waals surface area contributed by atoms with Crippen molar-refractivity contribution in [3.8, 4) is 0 Å². The number of aliphatic hydroxyl groups excluding tert-OH is 1.